The molecule has 3 aromatic rings. The van der Waals surface area contributed by atoms with Gasteiger partial charge in [-0.2, -0.15) is 0 Å². The van der Waals surface area contributed by atoms with E-state index in [0.717, 1.165) is 19.3 Å². The first-order valence-electron chi connectivity index (χ1n) is 10.7. The highest BCUT2D eigenvalue weighted by molar-refractivity contribution is 7.92. The lowest BCUT2D eigenvalue weighted by Gasteiger charge is -2.26. The minimum absolute atomic E-state index is 0.0103. The van der Waals surface area contributed by atoms with Crippen molar-refractivity contribution in [2.75, 3.05) is 18.9 Å². The minimum Gasteiger partial charge on any atom is -0.493 e. The summed E-state index contributed by atoms with van der Waals surface area (Å²) < 4.78 is 44.5. The number of nitrogens with zero attached hydrogens (tertiary/aromatic N) is 1. The van der Waals surface area contributed by atoms with Crippen LogP contribution < -0.4 is 24.2 Å². The summed E-state index contributed by atoms with van der Waals surface area (Å²) >= 11 is 0. The minimum atomic E-state index is -3.91. The summed E-state index contributed by atoms with van der Waals surface area (Å²) in [5.74, 6) is 0.927. The highest BCUT2D eigenvalue weighted by atomic mass is 32.2. The van der Waals surface area contributed by atoms with Gasteiger partial charge in [0.25, 0.3) is 15.9 Å². The molecule has 178 valence electrons. The van der Waals surface area contributed by atoms with E-state index in [9.17, 15) is 13.2 Å². The molecule has 0 bridgehead atoms. The van der Waals surface area contributed by atoms with Crippen LogP contribution in [0.4, 0.5) is 5.69 Å². The van der Waals surface area contributed by atoms with Crippen molar-refractivity contribution < 1.29 is 27.4 Å². The van der Waals surface area contributed by atoms with Gasteiger partial charge in [0.1, 0.15) is 11.3 Å². The molecular weight excluding hydrogens is 458 g/mol. The molecule has 0 radical (unpaired) electrons. The largest absolute Gasteiger partial charge is 0.493 e. The van der Waals surface area contributed by atoms with Gasteiger partial charge in [-0.05, 0) is 55.7 Å². The standard InChI is InChI=1S/C24H25N3O6S/c1-31-21-12-11-19(15-22(21)32-2)34(29,30)27-17-8-4-9-18(14-17)33-24-20(10-5-13-25-24)23(28)26-16-6-3-7-16/h4-5,8-16,27H,3,6-7H2,1-2H3,(H,26,28). The van der Waals surface area contributed by atoms with Gasteiger partial charge in [-0.25, -0.2) is 13.4 Å². The predicted molar refractivity (Wildman–Crippen MR) is 126 cm³/mol. The summed E-state index contributed by atoms with van der Waals surface area (Å²) in [7, 11) is -1.01. The van der Waals surface area contributed by atoms with Gasteiger partial charge >= 0.3 is 0 Å². The number of anilines is 1. The van der Waals surface area contributed by atoms with Crippen molar-refractivity contribution in [3.63, 3.8) is 0 Å². The van der Waals surface area contributed by atoms with Gasteiger partial charge in [0.15, 0.2) is 11.5 Å². The fourth-order valence-electron chi connectivity index (χ4n) is 3.39. The lowest BCUT2D eigenvalue weighted by atomic mass is 9.93. The van der Waals surface area contributed by atoms with E-state index >= 15 is 0 Å². The van der Waals surface area contributed by atoms with Crippen molar-refractivity contribution in [2.24, 2.45) is 0 Å². The number of amides is 1. The Morgan fingerprint density at radius 3 is 2.50 bits per heavy atom. The van der Waals surface area contributed by atoms with Crippen LogP contribution in [-0.2, 0) is 10.0 Å². The highest BCUT2D eigenvalue weighted by Gasteiger charge is 2.23. The SMILES string of the molecule is COc1ccc(S(=O)(=O)Nc2cccc(Oc3ncccc3C(=O)NC3CCC3)c2)cc1OC. The van der Waals surface area contributed by atoms with Crippen molar-refractivity contribution in [3.8, 4) is 23.1 Å². The summed E-state index contributed by atoms with van der Waals surface area (Å²) in [4.78, 5) is 16.8. The van der Waals surface area contributed by atoms with E-state index in [0.29, 0.717) is 22.8 Å². The van der Waals surface area contributed by atoms with Crippen molar-refractivity contribution in [1.82, 2.24) is 10.3 Å². The Morgan fingerprint density at radius 2 is 1.79 bits per heavy atom. The molecule has 2 N–H and O–H groups in total. The molecule has 0 spiro atoms. The molecule has 1 heterocycles. The molecule has 1 aliphatic carbocycles. The number of hydrogen-bond acceptors (Lipinski definition) is 7. The number of sulfonamides is 1. The number of carbonyl (C=O) groups excluding carboxylic acids is 1. The quantitative estimate of drug-likeness (QED) is 0.473. The van der Waals surface area contributed by atoms with E-state index in [4.69, 9.17) is 14.2 Å². The number of methoxy groups -OCH3 is 2. The summed E-state index contributed by atoms with van der Waals surface area (Å²) in [6.45, 7) is 0. The van der Waals surface area contributed by atoms with Gasteiger partial charge in [-0.3, -0.25) is 9.52 Å². The van der Waals surface area contributed by atoms with Gasteiger partial charge in [0, 0.05) is 24.4 Å². The lowest BCUT2D eigenvalue weighted by Crippen LogP contribution is -2.39. The summed E-state index contributed by atoms with van der Waals surface area (Å²) in [5, 5.41) is 2.97. The van der Waals surface area contributed by atoms with E-state index in [1.54, 1.807) is 30.3 Å². The van der Waals surface area contributed by atoms with Crippen LogP contribution in [0, 0.1) is 0 Å². The van der Waals surface area contributed by atoms with Gasteiger partial charge in [-0.15, -0.1) is 0 Å². The maximum absolute atomic E-state index is 12.9. The topological polar surface area (TPSA) is 116 Å². The van der Waals surface area contributed by atoms with Crippen molar-refractivity contribution >= 4 is 21.6 Å². The summed E-state index contributed by atoms with van der Waals surface area (Å²) in [6, 6.07) is 14.2. The first-order chi connectivity index (χ1) is 16.4. The third kappa shape index (κ3) is 5.23. The number of pyridine rings is 1. The van der Waals surface area contributed by atoms with E-state index < -0.39 is 10.0 Å². The van der Waals surface area contributed by atoms with Crippen LogP contribution >= 0.6 is 0 Å². The Morgan fingerprint density at radius 1 is 1.00 bits per heavy atom. The number of rotatable bonds is 9. The average molecular weight is 484 g/mol. The van der Waals surface area contributed by atoms with Crippen molar-refractivity contribution in [2.45, 2.75) is 30.2 Å². The van der Waals surface area contributed by atoms with Crippen LogP contribution in [0.2, 0.25) is 0 Å². The van der Waals surface area contributed by atoms with E-state index in [1.807, 2.05) is 0 Å². The number of carbonyl (C=O) groups is 1. The first kappa shape index (κ1) is 23.4. The number of nitrogens with one attached hydrogen (secondary N) is 2. The Balaban J connectivity index is 1.52. The third-order valence-corrected chi connectivity index (χ3v) is 6.80. The highest BCUT2D eigenvalue weighted by Crippen LogP contribution is 2.31. The van der Waals surface area contributed by atoms with Gasteiger partial charge in [-0.1, -0.05) is 6.07 Å². The fourth-order valence-corrected chi connectivity index (χ4v) is 4.46. The number of hydrogen-bond donors (Lipinski definition) is 2. The smallest absolute Gasteiger partial charge is 0.262 e. The van der Waals surface area contributed by atoms with E-state index in [2.05, 4.69) is 15.0 Å². The van der Waals surface area contributed by atoms with Crippen LogP contribution in [-0.4, -0.2) is 39.6 Å². The number of ether oxygens (including phenoxy) is 3. The second kappa shape index (κ2) is 10.0. The molecule has 1 saturated carbocycles. The second-order valence-electron chi connectivity index (χ2n) is 7.71. The molecule has 0 aliphatic heterocycles. The molecule has 1 amide bonds. The Kier molecular flexibility index (Phi) is 6.87. The second-order valence-corrected chi connectivity index (χ2v) is 9.39. The van der Waals surface area contributed by atoms with Crippen LogP contribution in [0.15, 0.2) is 65.7 Å². The maximum Gasteiger partial charge on any atom is 0.262 e. The van der Waals surface area contributed by atoms with Crippen molar-refractivity contribution in [1.29, 1.82) is 0 Å². The molecule has 1 aromatic heterocycles. The molecule has 10 heteroatoms. The Labute approximate surface area is 198 Å². The van der Waals surface area contributed by atoms with Crippen LogP contribution in [0.3, 0.4) is 0 Å². The van der Waals surface area contributed by atoms with Gasteiger partial charge < -0.3 is 19.5 Å². The molecule has 34 heavy (non-hydrogen) atoms. The summed E-state index contributed by atoms with van der Waals surface area (Å²) in [6.07, 6.45) is 4.56. The third-order valence-electron chi connectivity index (χ3n) is 5.42. The Hall–Kier alpha value is -3.79. The van der Waals surface area contributed by atoms with Crippen LogP contribution in [0.5, 0.6) is 23.1 Å². The maximum atomic E-state index is 12.9. The molecule has 0 saturated heterocycles. The van der Waals surface area contributed by atoms with Gasteiger partial charge in [0.2, 0.25) is 5.88 Å². The molecule has 9 nitrogen and oxygen atoms in total. The zero-order chi connectivity index (χ0) is 24.1. The van der Waals surface area contributed by atoms with Crippen LogP contribution in [0.1, 0.15) is 29.6 Å². The van der Waals surface area contributed by atoms with Crippen molar-refractivity contribution in [3.05, 3.63) is 66.4 Å². The molecule has 4 rings (SSSR count). The zero-order valence-electron chi connectivity index (χ0n) is 18.8. The van der Waals surface area contributed by atoms with E-state index in [-0.39, 0.29) is 28.4 Å². The van der Waals surface area contributed by atoms with Crippen LogP contribution in [0.25, 0.3) is 0 Å². The molecule has 0 atom stereocenters. The average Bonchev–Trinajstić information content (AvgIpc) is 2.81. The van der Waals surface area contributed by atoms with Gasteiger partial charge in [0.05, 0.1) is 24.8 Å². The molecule has 0 unspecified atom stereocenters. The number of benzene rings is 2. The molecular formula is C24H25N3O6S. The first-order valence-corrected chi connectivity index (χ1v) is 12.2. The molecule has 1 fully saturated rings. The Bertz CT molecular complexity index is 1290. The van der Waals surface area contributed by atoms with E-state index in [1.165, 1.54) is 44.7 Å². The lowest BCUT2D eigenvalue weighted by molar-refractivity contribution is 0.0914. The fraction of sp³-hybridized carbons (Fsp3) is 0.250. The monoisotopic (exact) mass is 483 g/mol. The summed E-state index contributed by atoms with van der Waals surface area (Å²) in [5.41, 5.74) is 0.592. The molecule has 2 aromatic carbocycles. The normalized spacial score (nSPS) is 13.5. The predicted octanol–water partition coefficient (Wildman–Crippen LogP) is 3.97. The molecule has 1 aliphatic rings. The number of aromatic nitrogens is 1. The zero-order valence-corrected chi connectivity index (χ0v) is 19.6.